The highest BCUT2D eigenvalue weighted by Crippen LogP contribution is 2.68. The van der Waals surface area contributed by atoms with E-state index in [1.54, 1.807) is 36.4 Å². The maximum Gasteiger partial charge on any atom is 0.208 e. The predicted molar refractivity (Wildman–Crippen MR) is 273 cm³/mol. The highest BCUT2D eigenvalue weighted by atomic mass is 16.4. The molecule has 0 aliphatic carbocycles. The van der Waals surface area contributed by atoms with Gasteiger partial charge in [0.15, 0.2) is 92.0 Å². The van der Waals surface area contributed by atoms with Gasteiger partial charge in [0, 0.05) is 0 Å². The topological polar surface area (TPSA) is 526 Å². The molecule has 0 saturated heterocycles. The zero-order chi connectivity index (χ0) is 58.7. The number of benzene rings is 9. The second-order valence-electron chi connectivity index (χ2n) is 17.6. The zero-order valence-corrected chi connectivity index (χ0v) is 39.6. The van der Waals surface area contributed by atoms with Crippen molar-refractivity contribution in [2.75, 3.05) is 0 Å². The van der Waals surface area contributed by atoms with Gasteiger partial charge in [0.2, 0.25) is 46.0 Å². The lowest BCUT2D eigenvalue weighted by atomic mass is 9.89. The lowest BCUT2D eigenvalue weighted by molar-refractivity contribution is 0.329. The van der Waals surface area contributed by atoms with E-state index in [4.69, 9.17) is 0 Å². The van der Waals surface area contributed by atoms with Gasteiger partial charge in [0.05, 0.1) is 55.6 Å². The third-order valence-corrected chi connectivity index (χ3v) is 13.2. The summed E-state index contributed by atoms with van der Waals surface area (Å²) in [5, 5.41) is 280. The van der Waals surface area contributed by atoms with E-state index in [-0.39, 0.29) is 11.1 Å². The Morgan fingerprint density at radius 1 is 0.125 bits per heavy atom. The third kappa shape index (κ3) is 7.35. The molecular formula is C54H38O26. The molecule has 26 heteroatoms. The highest BCUT2D eigenvalue weighted by Gasteiger charge is 2.39. The number of phenols is 26. The van der Waals surface area contributed by atoms with Crippen molar-refractivity contribution >= 4 is 0 Å². The van der Waals surface area contributed by atoms with Gasteiger partial charge in [-0.15, -0.1) is 0 Å². The summed E-state index contributed by atoms with van der Waals surface area (Å²) in [6.45, 7) is 0. The fourth-order valence-corrected chi connectivity index (χ4v) is 9.17. The van der Waals surface area contributed by atoms with Crippen molar-refractivity contribution in [1.82, 2.24) is 0 Å². The van der Waals surface area contributed by atoms with E-state index in [0.29, 0.717) is 22.3 Å². The van der Waals surface area contributed by atoms with Crippen molar-refractivity contribution in [2.45, 2.75) is 0 Å². The normalized spacial score (nSPS) is 11.3. The summed E-state index contributed by atoms with van der Waals surface area (Å²) in [6, 6.07) is 17.4. The maximum absolute atomic E-state index is 11.7. The number of hydrogen-bond donors (Lipinski definition) is 26. The fourth-order valence-electron chi connectivity index (χ4n) is 9.17. The summed E-state index contributed by atoms with van der Waals surface area (Å²) in [5.41, 5.74) is -9.89. The minimum Gasteiger partial charge on any atom is -0.506 e. The van der Waals surface area contributed by atoms with E-state index >= 15 is 0 Å². The maximum atomic E-state index is 11.7. The van der Waals surface area contributed by atoms with E-state index in [2.05, 4.69) is 0 Å². The molecule has 410 valence electrons. The van der Waals surface area contributed by atoms with Gasteiger partial charge in [0.1, 0.15) is 11.5 Å². The van der Waals surface area contributed by atoms with Gasteiger partial charge in [-0.1, -0.05) is 60.7 Å². The third-order valence-electron chi connectivity index (χ3n) is 13.2. The molecule has 26 N–H and O–H groups in total. The Hall–Kier alpha value is -12.2. The van der Waals surface area contributed by atoms with Gasteiger partial charge in [0.25, 0.3) is 0 Å². The standard InChI is InChI=1S/C54H38O26/c55-29-19(31(57)47(73)41(67)21(29)23-33(59)37(63)25(38(64)34(23)60)27-43(69)49(75)53(79)50(76)44(27)70)17-5-1-3-15(11-17)13-7-9-14(10-8-13)16-4-2-6-18(12-16)20-30(56)22(42(68)48(74)32(20)58)24-35(61)39(65)26(40(66)36(24)62)28-45(71)51(77)54(80)52(78)46(28)72/h1-12,55-80H. The van der Waals surface area contributed by atoms with Crippen LogP contribution in [0.1, 0.15) is 0 Å². The summed E-state index contributed by atoms with van der Waals surface area (Å²) in [7, 11) is 0. The van der Waals surface area contributed by atoms with Crippen molar-refractivity contribution in [1.29, 1.82) is 0 Å². The summed E-state index contributed by atoms with van der Waals surface area (Å²) in [5.74, 6) is -37.6. The van der Waals surface area contributed by atoms with Crippen molar-refractivity contribution in [2.24, 2.45) is 0 Å². The SMILES string of the molecule is Oc1c(O)c(O)c(-c2c(O)c(O)c(-c3c(O)c(O)c(O)c(-c4cccc(-c5ccc(-c6cccc(-c7c(O)c(O)c(O)c(-c8c(O)c(O)c(-c9c(O)c(O)c(O)c(O)c9O)c(O)c8O)c7O)c6)cc5)c4)c3O)c(O)c2O)c(O)c1O. The average Bonchev–Trinajstić information content (AvgIpc) is 3.50. The summed E-state index contributed by atoms with van der Waals surface area (Å²) < 4.78 is 0. The van der Waals surface area contributed by atoms with E-state index < -0.39 is 205 Å². The van der Waals surface area contributed by atoms with Crippen LogP contribution in [0.25, 0.3) is 89.0 Å². The van der Waals surface area contributed by atoms with Crippen molar-refractivity contribution < 1.29 is 133 Å². The molecule has 80 heavy (non-hydrogen) atoms. The van der Waals surface area contributed by atoms with Crippen molar-refractivity contribution in [3.63, 3.8) is 0 Å². The molecule has 0 radical (unpaired) electrons. The van der Waals surface area contributed by atoms with Crippen LogP contribution in [-0.2, 0) is 0 Å². The fraction of sp³-hybridized carbons (Fsp3) is 0. The Bertz CT molecular complexity index is 3800. The lowest BCUT2D eigenvalue weighted by Gasteiger charge is -2.21. The van der Waals surface area contributed by atoms with Crippen LogP contribution in [0.5, 0.6) is 149 Å². The van der Waals surface area contributed by atoms with Crippen LogP contribution in [0, 0.1) is 0 Å². The van der Waals surface area contributed by atoms with Crippen molar-refractivity contribution in [3.8, 4) is 239 Å². The Morgan fingerprint density at radius 3 is 0.500 bits per heavy atom. The van der Waals surface area contributed by atoms with Crippen molar-refractivity contribution in [3.05, 3.63) is 72.8 Å². The minimum atomic E-state index is -1.56. The lowest BCUT2D eigenvalue weighted by Crippen LogP contribution is -1.93. The smallest absolute Gasteiger partial charge is 0.208 e. The largest absolute Gasteiger partial charge is 0.506 e. The molecule has 9 aromatic carbocycles. The molecular weight excluding hydrogens is 1060 g/mol. The van der Waals surface area contributed by atoms with Crippen LogP contribution < -0.4 is 0 Å². The van der Waals surface area contributed by atoms with Crippen LogP contribution in [-0.4, -0.2) is 133 Å². The second kappa shape index (κ2) is 18.3. The van der Waals surface area contributed by atoms with Gasteiger partial charge in [-0.05, 0) is 45.5 Å². The highest BCUT2D eigenvalue weighted by molar-refractivity contribution is 6.04. The molecule has 0 aliphatic rings. The zero-order valence-electron chi connectivity index (χ0n) is 39.6. The molecule has 0 unspecified atom stereocenters. The summed E-state index contributed by atoms with van der Waals surface area (Å²) in [4.78, 5) is 0. The molecule has 26 nitrogen and oxygen atoms in total. The first kappa shape index (κ1) is 52.6. The van der Waals surface area contributed by atoms with E-state index in [9.17, 15) is 133 Å². The van der Waals surface area contributed by atoms with Crippen LogP contribution >= 0.6 is 0 Å². The molecule has 9 aromatic rings. The van der Waals surface area contributed by atoms with Gasteiger partial charge in [-0.3, -0.25) is 0 Å². The molecule has 0 heterocycles. The minimum absolute atomic E-state index is 0.129. The molecule has 0 aliphatic heterocycles. The first-order chi connectivity index (χ1) is 37.6. The first-order valence-corrected chi connectivity index (χ1v) is 22.3. The Balaban J connectivity index is 1.09. The molecule has 0 atom stereocenters. The number of hydrogen-bond acceptors (Lipinski definition) is 26. The number of rotatable bonds is 8. The Labute approximate surface area is 443 Å². The molecule has 9 rings (SSSR count). The molecule has 0 spiro atoms. The molecule has 0 saturated carbocycles. The predicted octanol–water partition coefficient (Wildman–Crippen LogP) is 7.37. The van der Waals surface area contributed by atoms with E-state index in [1.165, 1.54) is 36.4 Å². The van der Waals surface area contributed by atoms with Gasteiger partial charge in [-0.2, -0.15) is 0 Å². The summed E-state index contributed by atoms with van der Waals surface area (Å²) >= 11 is 0. The monoisotopic (exact) mass is 1100 g/mol. The van der Waals surface area contributed by atoms with Crippen LogP contribution in [0.15, 0.2) is 72.8 Å². The number of phenolic OH excluding ortho intramolecular Hbond substituents is 26. The van der Waals surface area contributed by atoms with E-state index in [1.807, 2.05) is 0 Å². The van der Waals surface area contributed by atoms with Gasteiger partial charge < -0.3 is 133 Å². The number of aromatic hydroxyl groups is 26. The van der Waals surface area contributed by atoms with Gasteiger partial charge >= 0.3 is 0 Å². The van der Waals surface area contributed by atoms with Gasteiger partial charge in [-0.25, -0.2) is 0 Å². The van der Waals surface area contributed by atoms with E-state index in [0.717, 1.165) is 0 Å². The quantitative estimate of drug-likeness (QED) is 0.0521. The molecule has 0 bridgehead atoms. The second-order valence-corrected chi connectivity index (χ2v) is 17.6. The summed E-state index contributed by atoms with van der Waals surface area (Å²) in [6.07, 6.45) is 0. The van der Waals surface area contributed by atoms with Crippen LogP contribution in [0.2, 0.25) is 0 Å². The Kier molecular flexibility index (Phi) is 12.0. The first-order valence-electron chi connectivity index (χ1n) is 22.3. The molecule has 0 fully saturated rings. The molecule has 0 aromatic heterocycles. The average molecular weight is 1100 g/mol. The Morgan fingerprint density at radius 2 is 0.275 bits per heavy atom. The van der Waals surface area contributed by atoms with Crippen LogP contribution in [0.3, 0.4) is 0 Å². The molecule has 0 amide bonds. The van der Waals surface area contributed by atoms with Crippen LogP contribution in [0.4, 0.5) is 0 Å².